The van der Waals surface area contributed by atoms with Crippen LogP contribution in [0.4, 0.5) is 0 Å². The van der Waals surface area contributed by atoms with Crippen molar-refractivity contribution in [2.75, 3.05) is 14.2 Å². The fourth-order valence-electron chi connectivity index (χ4n) is 1.63. The summed E-state index contributed by atoms with van der Waals surface area (Å²) in [7, 11) is 3.09. The van der Waals surface area contributed by atoms with E-state index in [0.717, 1.165) is 0 Å². The number of benzene rings is 1. The van der Waals surface area contributed by atoms with Crippen molar-refractivity contribution in [3.05, 3.63) is 34.3 Å². The molecule has 1 heterocycles. The van der Waals surface area contributed by atoms with Gasteiger partial charge in [0.2, 0.25) is 0 Å². The molecule has 1 aromatic heterocycles. The van der Waals surface area contributed by atoms with Crippen LogP contribution in [-0.2, 0) is 0 Å². The Morgan fingerprint density at radius 3 is 2.67 bits per heavy atom. The average Bonchev–Trinajstić information content (AvgIpc) is 2.91. The summed E-state index contributed by atoms with van der Waals surface area (Å²) in [6.45, 7) is 0. The van der Waals surface area contributed by atoms with Crippen molar-refractivity contribution in [2.45, 2.75) is 6.10 Å². The highest BCUT2D eigenvalue weighted by atomic mass is 79.9. The van der Waals surface area contributed by atoms with Crippen molar-refractivity contribution >= 4 is 15.9 Å². The Morgan fingerprint density at radius 1 is 1.33 bits per heavy atom. The highest BCUT2D eigenvalue weighted by molar-refractivity contribution is 9.10. The van der Waals surface area contributed by atoms with Crippen molar-refractivity contribution < 1.29 is 14.6 Å². The molecule has 0 spiro atoms. The van der Waals surface area contributed by atoms with E-state index in [2.05, 4.69) is 31.1 Å². The van der Waals surface area contributed by atoms with Gasteiger partial charge in [0.15, 0.2) is 5.82 Å². The topological polar surface area (TPSA) is 80.3 Å². The number of hydrogen-bond acceptors (Lipinski definition) is 5. The number of methoxy groups -OCH3 is 2. The van der Waals surface area contributed by atoms with E-state index in [9.17, 15) is 5.11 Å². The van der Waals surface area contributed by atoms with Gasteiger partial charge in [-0.05, 0) is 28.1 Å². The highest BCUT2D eigenvalue weighted by Crippen LogP contribution is 2.40. The second kappa shape index (κ2) is 5.36. The van der Waals surface area contributed by atoms with Gasteiger partial charge in [-0.25, -0.2) is 4.98 Å². The number of aromatic amines is 1. The molecule has 0 aliphatic carbocycles. The van der Waals surface area contributed by atoms with Gasteiger partial charge in [0.05, 0.1) is 14.2 Å². The van der Waals surface area contributed by atoms with Gasteiger partial charge in [-0.2, -0.15) is 5.10 Å². The Morgan fingerprint density at radius 2 is 2.11 bits per heavy atom. The second-order valence-electron chi connectivity index (χ2n) is 3.48. The van der Waals surface area contributed by atoms with E-state index in [4.69, 9.17) is 9.47 Å². The molecule has 0 fully saturated rings. The quantitative estimate of drug-likeness (QED) is 0.897. The molecule has 7 heteroatoms. The van der Waals surface area contributed by atoms with Crippen molar-refractivity contribution in [3.63, 3.8) is 0 Å². The smallest absolute Gasteiger partial charge is 0.157 e. The first-order chi connectivity index (χ1) is 8.69. The van der Waals surface area contributed by atoms with Crippen LogP contribution in [0.25, 0.3) is 0 Å². The number of rotatable bonds is 4. The largest absolute Gasteiger partial charge is 0.495 e. The lowest BCUT2D eigenvalue weighted by Gasteiger charge is -2.16. The summed E-state index contributed by atoms with van der Waals surface area (Å²) in [4.78, 5) is 3.92. The van der Waals surface area contributed by atoms with Gasteiger partial charge in [-0.1, -0.05) is 0 Å². The molecule has 0 radical (unpaired) electrons. The van der Waals surface area contributed by atoms with E-state index < -0.39 is 6.10 Å². The zero-order valence-electron chi connectivity index (χ0n) is 9.85. The Hall–Kier alpha value is -1.60. The number of nitrogens with zero attached hydrogens (tertiary/aromatic N) is 2. The molecule has 0 amide bonds. The Kier molecular flexibility index (Phi) is 3.83. The predicted molar refractivity (Wildman–Crippen MR) is 67.7 cm³/mol. The number of aliphatic hydroxyl groups excluding tert-OH is 1. The minimum atomic E-state index is -0.940. The number of H-pyrrole nitrogens is 1. The molecule has 1 unspecified atom stereocenters. The van der Waals surface area contributed by atoms with Gasteiger partial charge in [-0.15, -0.1) is 0 Å². The van der Waals surface area contributed by atoms with Crippen LogP contribution in [0.2, 0.25) is 0 Å². The number of hydrogen-bond donors (Lipinski definition) is 2. The number of aromatic nitrogens is 3. The van der Waals surface area contributed by atoms with Crippen LogP contribution in [0.15, 0.2) is 22.9 Å². The summed E-state index contributed by atoms with van der Waals surface area (Å²) in [5, 5.41) is 16.5. The van der Waals surface area contributed by atoms with Crippen molar-refractivity contribution in [3.8, 4) is 11.5 Å². The summed E-state index contributed by atoms with van der Waals surface area (Å²) in [6.07, 6.45) is 0.397. The van der Waals surface area contributed by atoms with E-state index in [1.54, 1.807) is 19.2 Å². The first kappa shape index (κ1) is 12.8. The summed E-state index contributed by atoms with van der Waals surface area (Å²) in [6, 6.07) is 3.46. The lowest BCUT2D eigenvalue weighted by atomic mass is 10.1. The van der Waals surface area contributed by atoms with Gasteiger partial charge >= 0.3 is 0 Å². The maximum absolute atomic E-state index is 10.2. The molecule has 1 aromatic carbocycles. The van der Waals surface area contributed by atoms with Crippen molar-refractivity contribution in [1.29, 1.82) is 0 Å². The third kappa shape index (κ3) is 2.19. The zero-order valence-corrected chi connectivity index (χ0v) is 11.4. The van der Waals surface area contributed by atoms with Crippen LogP contribution in [0.5, 0.6) is 11.5 Å². The molecule has 0 bridgehead atoms. The molecular formula is C11H12BrN3O3. The van der Waals surface area contributed by atoms with Crippen molar-refractivity contribution in [1.82, 2.24) is 15.2 Å². The monoisotopic (exact) mass is 313 g/mol. The van der Waals surface area contributed by atoms with Gasteiger partial charge in [0, 0.05) is 5.56 Å². The molecule has 2 aromatic rings. The molecule has 1 atom stereocenters. The molecule has 2 rings (SSSR count). The molecule has 2 N–H and O–H groups in total. The molecular weight excluding hydrogens is 302 g/mol. The Balaban J connectivity index is 2.48. The molecule has 0 aliphatic rings. The predicted octanol–water partition coefficient (Wildman–Crippen LogP) is 1.67. The van der Waals surface area contributed by atoms with E-state index in [1.165, 1.54) is 13.4 Å². The molecule has 18 heavy (non-hydrogen) atoms. The third-order valence-electron chi connectivity index (χ3n) is 2.50. The normalized spacial score (nSPS) is 12.2. The maximum atomic E-state index is 10.2. The Labute approximate surface area is 112 Å². The van der Waals surface area contributed by atoms with Gasteiger partial charge in [0.25, 0.3) is 0 Å². The molecule has 0 saturated heterocycles. The summed E-state index contributed by atoms with van der Waals surface area (Å²) in [5.41, 5.74) is 0.571. The zero-order chi connectivity index (χ0) is 13.1. The van der Waals surface area contributed by atoms with Crippen LogP contribution in [0.3, 0.4) is 0 Å². The van der Waals surface area contributed by atoms with Gasteiger partial charge < -0.3 is 14.6 Å². The van der Waals surface area contributed by atoms with E-state index in [1.807, 2.05) is 0 Å². The maximum Gasteiger partial charge on any atom is 0.157 e. The molecule has 0 saturated carbocycles. The Bertz CT molecular complexity index is 531. The molecule has 6 nitrogen and oxygen atoms in total. The van der Waals surface area contributed by atoms with Crippen LogP contribution in [0.1, 0.15) is 17.5 Å². The number of aliphatic hydroxyl groups is 1. The number of ether oxygens (including phenoxy) is 2. The fraction of sp³-hybridized carbons (Fsp3) is 0.273. The van der Waals surface area contributed by atoms with Gasteiger partial charge in [0.1, 0.15) is 28.4 Å². The third-order valence-corrected chi connectivity index (χ3v) is 3.25. The summed E-state index contributed by atoms with van der Waals surface area (Å²) in [5.74, 6) is 1.48. The standard InChI is InChI=1S/C11H12BrN3O3/c1-17-7-4-3-6(10(18-2)8(7)12)9(16)11-13-5-14-15-11/h3-5,9,16H,1-2H3,(H,13,14,15). The van der Waals surface area contributed by atoms with Crippen LogP contribution >= 0.6 is 15.9 Å². The average molecular weight is 314 g/mol. The fourth-order valence-corrected chi connectivity index (χ4v) is 2.31. The second-order valence-corrected chi connectivity index (χ2v) is 4.27. The van der Waals surface area contributed by atoms with Gasteiger partial charge in [-0.3, -0.25) is 5.10 Å². The minimum absolute atomic E-state index is 0.352. The van der Waals surface area contributed by atoms with E-state index >= 15 is 0 Å². The van der Waals surface area contributed by atoms with Crippen LogP contribution in [0, 0.1) is 0 Å². The highest BCUT2D eigenvalue weighted by Gasteiger charge is 2.21. The first-order valence-corrected chi connectivity index (χ1v) is 5.92. The molecule has 0 aliphatic heterocycles. The lowest BCUT2D eigenvalue weighted by molar-refractivity contribution is 0.204. The van der Waals surface area contributed by atoms with E-state index in [0.29, 0.717) is 27.4 Å². The summed E-state index contributed by atoms with van der Waals surface area (Å²) >= 11 is 3.38. The van der Waals surface area contributed by atoms with Crippen LogP contribution in [-0.4, -0.2) is 34.5 Å². The van der Waals surface area contributed by atoms with Crippen LogP contribution < -0.4 is 9.47 Å². The number of nitrogens with one attached hydrogen (secondary N) is 1. The first-order valence-electron chi connectivity index (χ1n) is 5.12. The minimum Gasteiger partial charge on any atom is -0.495 e. The molecule has 96 valence electrons. The van der Waals surface area contributed by atoms with Crippen molar-refractivity contribution in [2.24, 2.45) is 0 Å². The lowest BCUT2D eigenvalue weighted by Crippen LogP contribution is -2.05. The summed E-state index contributed by atoms with van der Waals surface area (Å²) < 4.78 is 11.1. The number of halogens is 1. The SMILES string of the molecule is COc1ccc(C(O)c2ncn[nH]2)c(OC)c1Br. The van der Waals surface area contributed by atoms with E-state index in [-0.39, 0.29) is 0 Å².